The van der Waals surface area contributed by atoms with Crippen molar-refractivity contribution in [2.45, 2.75) is 69.7 Å². The summed E-state index contributed by atoms with van der Waals surface area (Å²) in [6.07, 6.45) is 5.72. The van der Waals surface area contributed by atoms with Gasteiger partial charge in [-0.1, -0.05) is 13.5 Å². The molecule has 0 aromatic rings. The molecule has 7 aliphatic rings. The van der Waals surface area contributed by atoms with Crippen LogP contribution in [0.3, 0.4) is 0 Å². The van der Waals surface area contributed by atoms with Gasteiger partial charge in [0.2, 0.25) is 5.83 Å². The molecule has 6 unspecified atom stereocenters. The second-order valence-corrected chi connectivity index (χ2v) is 10.8. The topological polar surface area (TPSA) is 78.9 Å². The Morgan fingerprint density at radius 1 is 1.10 bits per heavy atom. The SMILES string of the molecule is C=C(F)C(=O)OC1C2CC3C1OC(=O)C3C2C(=O)OC1(CC)C2CC3CC(C2)CC1C3. The minimum Gasteiger partial charge on any atom is -0.458 e. The molecule has 31 heavy (non-hydrogen) atoms. The van der Waals surface area contributed by atoms with E-state index in [-0.39, 0.29) is 17.8 Å². The summed E-state index contributed by atoms with van der Waals surface area (Å²) in [6, 6.07) is 0. The van der Waals surface area contributed by atoms with E-state index in [0.29, 0.717) is 18.3 Å². The summed E-state index contributed by atoms with van der Waals surface area (Å²) in [5.74, 6) is -2.64. The summed E-state index contributed by atoms with van der Waals surface area (Å²) in [7, 11) is 0. The van der Waals surface area contributed by atoms with Crippen LogP contribution in [0, 0.1) is 47.3 Å². The zero-order chi connectivity index (χ0) is 21.7. The van der Waals surface area contributed by atoms with Gasteiger partial charge >= 0.3 is 17.9 Å². The van der Waals surface area contributed by atoms with Crippen molar-refractivity contribution in [2.24, 2.45) is 47.3 Å². The molecule has 0 N–H and O–H groups in total. The molecule has 0 radical (unpaired) electrons. The fourth-order valence-corrected chi connectivity index (χ4v) is 8.71. The first kappa shape index (κ1) is 19.7. The van der Waals surface area contributed by atoms with Crippen molar-refractivity contribution in [1.82, 2.24) is 0 Å². The molecule has 1 aliphatic heterocycles. The van der Waals surface area contributed by atoms with Gasteiger partial charge in [0.25, 0.3) is 0 Å². The van der Waals surface area contributed by atoms with Gasteiger partial charge in [-0.15, -0.1) is 0 Å². The van der Waals surface area contributed by atoms with Crippen LogP contribution in [0.25, 0.3) is 0 Å². The first-order chi connectivity index (χ1) is 14.8. The Morgan fingerprint density at radius 3 is 2.32 bits per heavy atom. The summed E-state index contributed by atoms with van der Waals surface area (Å²) in [6.45, 7) is 5.09. The van der Waals surface area contributed by atoms with Crippen LogP contribution in [0.4, 0.5) is 4.39 Å². The molecule has 1 saturated heterocycles. The predicted octanol–water partition coefficient (Wildman–Crippen LogP) is 3.34. The Kier molecular flexibility index (Phi) is 4.17. The van der Waals surface area contributed by atoms with E-state index >= 15 is 0 Å². The molecule has 6 saturated carbocycles. The summed E-state index contributed by atoms with van der Waals surface area (Å²) in [4.78, 5) is 38.1. The van der Waals surface area contributed by atoms with Gasteiger partial charge in [-0.05, 0) is 68.6 Å². The molecule has 0 aromatic carbocycles. The monoisotopic (exact) mass is 432 g/mol. The van der Waals surface area contributed by atoms with Crippen LogP contribution in [0.2, 0.25) is 0 Å². The van der Waals surface area contributed by atoms with Crippen molar-refractivity contribution >= 4 is 17.9 Å². The summed E-state index contributed by atoms with van der Waals surface area (Å²) in [5.41, 5.74) is -0.451. The molecule has 6 nitrogen and oxygen atoms in total. The van der Waals surface area contributed by atoms with Crippen molar-refractivity contribution in [3.05, 3.63) is 12.4 Å². The normalized spacial score (nSPS) is 50.5. The smallest absolute Gasteiger partial charge is 0.366 e. The fraction of sp³-hybridized carbons (Fsp3) is 0.792. The van der Waals surface area contributed by atoms with Crippen molar-refractivity contribution in [3.8, 4) is 0 Å². The van der Waals surface area contributed by atoms with E-state index in [4.69, 9.17) is 14.2 Å². The molecule has 6 aliphatic carbocycles. The molecule has 7 fully saturated rings. The highest BCUT2D eigenvalue weighted by Gasteiger charge is 2.71. The lowest BCUT2D eigenvalue weighted by Crippen LogP contribution is -2.60. The second-order valence-electron chi connectivity index (χ2n) is 10.8. The molecule has 0 aromatic heterocycles. The van der Waals surface area contributed by atoms with Gasteiger partial charge in [0.1, 0.15) is 17.8 Å². The number of fused-ring (bicyclic) bond motifs is 1. The van der Waals surface area contributed by atoms with Gasteiger partial charge in [-0.25, -0.2) is 4.79 Å². The highest BCUT2D eigenvalue weighted by molar-refractivity contribution is 5.88. The fourth-order valence-electron chi connectivity index (χ4n) is 8.71. The maximum absolute atomic E-state index is 13.6. The van der Waals surface area contributed by atoms with Crippen molar-refractivity contribution in [1.29, 1.82) is 0 Å². The molecule has 0 amide bonds. The van der Waals surface area contributed by atoms with E-state index in [1.807, 2.05) is 0 Å². The minimum absolute atomic E-state index is 0.184. The Balaban J connectivity index is 1.27. The number of carbonyl (C=O) groups excluding carboxylic acids is 3. The standard InChI is InChI=1S/C24H29FO6/c1-3-24(13-5-11-4-12(7-13)8-14(24)6-11)31-23(28)18-16-9-15-17(18)22(27)30-20(15)19(16)29-21(26)10(2)25/h11-20H,2-9H2,1H3. The number of hydrogen-bond acceptors (Lipinski definition) is 6. The number of rotatable bonds is 5. The average molecular weight is 432 g/mol. The van der Waals surface area contributed by atoms with Crippen LogP contribution < -0.4 is 0 Å². The minimum atomic E-state index is -1.19. The van der Waals surface area contributed by atoms with Gasteiger partial charge in [0.15, 0.2) is 0 Å². The Morgan fingerprint density at radius 2 is 1.74 bits per heavy atom. The lowest BCUT2D eigenvalue weighted by molar-refractivity contribution is -0.218. The van der Waals surface area contributed by atoms with E-state index in [9.17, 15) is 18.8 Å². The number of esters is 3. The lowest BCUT2D eigenvalue weighted by Gasteiger charge is -2.60. The van der Waals surface area contributed by atoms with Crippen LogP contribution in [0.15, 0.2) is 12.4 Å². The van der Waals surface area contributed by atoms with Gasteiger partial charge in [-0.3, -0.25) is 9.59 Å². The van der Waals surface area contributed by atoms with Crippen LogP contribution in [0.1, 0.15) is 51.9 Å². The molecule has 0 spiro atoms. The van der Waals surface area contributed by atoms with E-state index in [0.717, 1.165) is 43.9 Å². The summed E-state index contributed by atoms with van der Waals surface area (Å²) in [5, 5.41) is 0. The first-order valence-electron chi connectivity index (χ1n) is 11.8. The van der Waals surface area contributed by atoms with E-state index in [1.54, 1.807) is 0 Å². The summed E-state index contributed by atoms with van der Waals surface area (Å²) >= 11 is 0. The van der Waals surface area contributed by atoms with Crippen LogP contribution in [0.5, 0.6) is 0 Å². The maximum Gasteiger partial charge on any atom is 0.366 e. The van der Waals surface area contributed by atoms with E-state index in [2.05, 4.69) is 13.5 Å². The van der Waals surface area contributed by atoms with E-state index < -0.39 is 47.4 Å². The highest BCUT2D eigenvalue weighted by Crippen LogP contribution is 2.63. The van der Waals surface area contributed by atoms with Gasteiger partial charge in [0.05, 0.1) is 11.8 Å². The second kappa shape index (κ2) is 6.55. The quantitative estimate of drug-likeness (QED) is 0.377. The first-order valence-corrected chi connectivity index (χ1v) is 11.8. The molecule has 6 bridgehead atoms. The molecular formula is C24H29FO6. The number of ether oxygens (including phenoxy) is 3. The average Bonchev–Trinajstić information content (AvgIpc) is 3.33. The molecule has 6 atom stereocenters. The van der Waals surface area contributed by atoms with E-state index in [1.165, 1.54) is 6.42 Å². The number of halogens is 1. The Hall–Kier alpha value is -1.92. The van der Waals surface area contributed by atoms with Crippen LogP contribution in [-0.2, 0) is 28.6 Å². The highest BCUT2D eigenvalue weighted by atomic mass is 19.1. The third-order valence-corrected chi connectivity index (χ3v) is 9.65. The van der Waals surface area contributed by atoms with Crippen molar-refractivity contribution in [3.63, 3.8) is 0 Å². The lowest BCUT2D eigenvalue weighted by atomic mass is 9.49. The zero-order valence-corrected chi connectivity index (χ0v) is 17.8. The third-order valence-electron chi connectivity index (χ3n) is 9.65. The molecule has 7 heteroatoms. The van der Waals surface area contributed by atoms with Crippen LogP contribution in [-0.4, -0.2) is 35.7 Å². The molecule has 168 valence electrons. The van der Waals surface area contributed by atoms with Gasteiger partial charge in [-0.2, -0.15) is 4.39 Å². The predicted molar refractivity (Wildman–Crippen MR) is 105 cm³/mol. The van der Waals surface area contributed by atoms with Crippen molar-refractivity contribution in [2.75, 3.05) is 0 Å². The number of hydrogen-bond donors (Lipinski definition) is 0. The van der Waals surface area contributed by atoms with Gasteiger partial charge < -0.3 is 14.2 Å². The zero-order valence-electron chi connectivity index (χ0n) is 17.8. The third kappa shape index (κ3) is 2.58. The number of carbonyl (C=O) groups is 3. The molecule has 7 rings (SSSR count). The maximum atomic E-state index is 13.6. The largest absolute Gasteiger partial charge is 0.458 e. The Labute approximate surface area is 180 Å². The summed E-state index contributed by atoms with van der Waals surface area (Å²) < 4.78 is 30.5. The van der Waals surface area contributed by atoms with Crippen LogP contribution >= 0.6 is 0 Å². The Bertz CT molecular complexity index is 838. The van der Waals surface area contributed by atoms with Crippen molar-refractivity contribution < 1.29 is 33.0 Å². The molecular weight excluding hydrogens is 403 g/mol. The molecule has 1 heterocycles. The van der Waals surface area contributed by atoms with Gasteiger partial charge in [0, 0.05) is 11.8 Å².